The van der Waals surface area contributed by atoms with E-state index in [0.29, 0.717) is 12.6 Å². The summed E-state index contributed by atoms with van der Waals surface area (Å²) in [5, 5.41) is 3.26. The Morgan fingerprint density at radius 1 is 1.17 bits per heavy atom. The monoisotopic (exact) mass is 324 g/mol. The van der Waals surface area contributed by atoms with Gasteiger partial charge in [0.2, 0.25) is 0 Å². The van der Waals surface area contributed by atoms with Crippen molar-refractivity contribution in [2.45, 2.75) is 58.9 Å². The van der Waals surface area contributed by atoms with E-state index in [0.717, 1.165) is 23.4 Å². The van der Waals surface area contributed by atoms with Crippen LogP contribution in [0.5, 0.6) is 0 Å². The molecule has 0 aliphatic heterocycles. The van der Waals surface area contributed by atoms with Crippen LogP contribution in [0.2, 0.25) is 0 Å². The lowest BCUT2D eigenvalue weighted by Gasteiger charge is -2.17. The molecular formula is C21H28N2O. The summed E-state index contributed by atoms with van der Waals surface area (Å²) in [5.41, 5.74) is 5.54. The number of nitrogens with one attached hydrogen (secondary N) is 1. The molecule has 128 valence electrons. The van der Waals surface area contributed by atoms with E-state index < -0.39 is 0 Å². The Morgan fingerprint density at radius 3 is 2.46 bits per heavy atom. The van der Waals surface area contributed by atoms with Crippen LogP contribution in [-0.2, 0) is 6.42 Å². The average Bonchev–Trinajstić information content (AvgIpc) is 3.21. The smallest absolute Gasteiger partial charge is 0.183 e. The van der Waals surface area contributed by atoms with Crippen molar-refractivity contribution in [3.63, 3.8) is 0 Å². The van der Waals surface area contributed by atoms with E-state index in [-0.39, 0.29) is 5.78 Å². The summed E-state index contributed by atoms with van der Waals surface area (Å²) in [4.78, 5) is 12.7. The molecule has 2 aromatic rings. The number of hydrogen-bond acceptors (Lipinski definition) is 2. The molecular weight excluding hydrogens is 296 g/mol. The summed E-state index contributed by atoms with van der Waals surface area (Å²) in [6.45, 7) is 6.71. The molecule has 3 nitrogen and oxygen atoms in total. The van der Waals surface area contributed by atoms with Crippen LogP contribution >= 0.6 is 0 Å². The fourth-order valence-electron chi connectivity index (χ4n) is 3.92. The minimum atomic E-state index is 0.173. The van der Waals surface area contributed by atoms with Crippen LogP contribution in [-0.4, -0.2) is 16.9 Å². The predicted molar refractivity (Wildman–Crippen MR) is 100 cm³/mol. The molecule has 1 heterocycles. The van der Waals surface area contributed by atoms with Crippen molar-refractivity contribution in [3.8, 4) is 0 Å². The molecule has 0 bridgehead atoms. The molecule has 0 radical (unpaired) electrons. The van der Waals surface area contributed by atoms with Crippen LogP contribution < -0.4 is 5.32 Å². The largest absolute Gasteiger partial charge is 0.378 e. The van der Waals surface area contributed by atoms with Gasteiger partial charge in [-0.25, -0.2) is 0 Å². The van der Waals surface area contributed by atoms with Gasteiger partial charge >= 0.3 is 0 Å². The Hall–Kier alpha value is -2.03. The first kappa shape index (κ1) is 16.8. The van der Waals surface area contributed by atoms with Gasteiger partial charge in [0.1, 0.15) is 0 Å². The molecule has 3 rings (SSSR count). The number of nitrogens with zero attached hydrogens (tertiary/aromatic N) is 1. The highest BCUT2D eigenvalue weighted by atomic mass is 16.1. The fraction of sp³-hybridized carbons (Fsp3) is 0.476. The van der Waals surface area contributed by atoms with Crippen LogP contribution in [0.25, 0.3) is 0 Å². The lowest BCUT2D eigenvalue weighted by Crippen LogP contribution is -2.15. The molecule has 0 unspecified atom stereocenters. The number of rotatable bonds is 6. The van der Waals surface area contributed by atoms with E-state index in [9.17, 15) is 4.79 Å². The summed E-state index contributed by atoms with van der Waals surface area (Å²) in [5.74, 6) is 0.173. The number of aryl methyl sites for hydroxylation is 2. The van der Waals surface area contributed by atoms with Crippen molar-refractivity contribution in [1.29, 1.82) is 0 Å². The summed E-state index contributed by atoms with van der Waals surface area (Å²) < 4.78 is 2.39. The maximum absolute atomic E-state index is 12.7. The van der Waals surface area contributed by atoms with Gasteiger partial charge in [0.05, 0.1) is 6.54 Å². The standard InChI is InChI=1S/C21H28N2O/c1-4-17-9-11-18(12-10-17)22-14-21(24)20-13-15(2)23(16(20)3)19-7-5-6-8-19/h9-13,19,22H,4-8,14H2,1-3H3. The van der Waals surface area contributed by atoms with Crippen molar-refractivity contribution >= 4 is 11.5 Å². The molecule has 0 atom stereocenters. The molecule has 0 amide bonds. The fourth-order valence-corrected chi connectivity index (χ4v) is 3.92. The maximum atomic E-state index is 12.7. The van der Waals surface area contributed by atoms with E-state index in [2.05, 4.69) is 48.9 Å². The van der Waals surface area contributed by atoms with E-state index in [1.807, 2.05) is 12.1 Å². The van der Waals surface area contributed by atoms with Crippen molar-refractivity contribution in [2.75, 3.05) is 11.9 Å². The molecule has 0 spiro atoms. The van der Waals surface area contributed by atoms with E-state index in [4.69, 9.17) is 0 Å². The van der Waals surface area contributed by atoms with Crippen LogP contribution in [0.4, 0.5) is 5.69 Å². The number of aromatic nitrogens is 1. The van der Waals surface area contributed by atoms with Crippen LogP contribution in [0, 0.1) is 13.8 Å². The molecule has 1 aliphatic rings. The number of anilines is 1. The second-order valence-electron chi connectivity index (χ2n) is 6.92. The molecule has 3 heteroatoms. The molecule has 1 aromatic heterocycles. The lowest BCUT2D eigenvalue weighted by atomic mass is 10.1. The minimum Gasteiger partial charge on any atom is -0.378 e. The number of ketones is 1. The molecule has 1 aromatic carbocycles. The first-order valence-electron chi connectivity index (χ1n) is 9.14. The van der Waals surface area contributed by atoms with Gasteiger partial charge in [-0.3, -0.25) is 4.79 Å². The molecule has 0 saturated heterocycles. The van der Waals surface area contributed by atoms with Crippen LogP contribution in [0.15, 0.2) is 30.3 Å². The van der Waals surface area contributed by atoms with Crippen molar-refractivity contribution in [3.05, 3.63) is 52.8 Å². The zero-order chi connectivity index (χ0) is 17.1. The molecule has 1 aliphatic carbocycles. The number of Topliss-reactive ketones (excluding diaryl/α,β-unsaturated/α-hetero) is 1. The zero-order valence-electron chi connectivity index (χ0n) is 15.1. The number of carbonyl (C=O) groups excluding carboxylic acids is 1. The summed E-state index contributed by atoms with van der Waals surface area (Å²) >= 11 is 0. The summed E-state index contributed by atoms with van der Waals surface area (Å²) in [6, 6.07) is 11.0. The van der Waals surface area contributed by atoms with Gasteiger partial charge < -0.3 is 9.88 Å². The van der Waals surface area contributed by atoms with Gasteiger partial charge in [0, 0.05) is 28.7 Å². The van der Waals surface area contributed by atoms with E-state index in [1.54, 1.807) is 0 Å². The van der Waals surface area contributed by atoms with Crippen LogP contribution in [0.3, 0.4) is 0 Å². The van der Waals surface area contributed by atoms with E-state index >= 15 is 0 Å². The third kappa shape index (κ3) is 3.40. The van der Waals surface area contributed by atoms with Crippen molar-refractivity contribution < 1.29 is 4.79 Å². The maximum Gasteiger partial charge on any atom is 0.183 e. The highest BCUT2D eigenvalue weighted by Gasteiger charge is 2.23. The highest BCUT2D eigenvalue weighted by Crippen LogP contribution is 2.33. The van der Waals surface area contributed by atoms with Gasteiger partial charge in [-0.05, 0) is 56.9 Å². The SMILES string of the molecule is CCc1ccc(NCC(=O)c2cc(C)n(C3CCCC3)c2C)cc1. The normalized spacial score (nSPS) is 15.0. The number of carbonyl (C=O) groups is 1. The first-order valence-corrected chi connectivity index (χ1v) is 9.14. The number of benzene rings is 1. The Bertz CT molecular complexity index is 706. The summed E-state index contributed by atoms with van der Waals surface area (Å²) in [6.07, 6.45) is 6.13. The molecule has 1 fully saturated rings. The minimum absolute atomic E-state index is 0.173. The molecule has 1 saturated carbocycles. The van der Waals surface area contributed by atoms with Gasteiger partial charge in [-0.15, -0.1) is 0 Å². The second-order valence-corrected chi connectivity index (χ2v) is 6.92. The number of hydrogen-bond donors (Lipinski definition) is 1. The zero-order valence-corrected chi connectivity index (χ0v) is 15.1. The van der Waals surface area contributed by atoms with Crippen molar-refractivity contribution in [2.24, 2.45) is 0 Å². The van der Waals surface area contributed by atoms with Gasteiger partial charge in [-0.1, -0.05) is 31.9 Å². The first-order chi connectivity index (χ1) is 11.6. The van der Waals surface area contributed by atoms with E-state index in [1.165, 1.54) is 36.9 Å². The average molecular weight is 324 g/mol. The third-order valence-corrected chi connectivity index (χ3v) is 5.29. The van der Waals surface area contributed by atoms with Gasteiger partial charge in [-0.2, -0.15) is 0 Å². The molecule has 1 N–H and O–H groups in total. The van der Waals surface area contributed by atoms with Gasteiger partial charge in [0.25, 0.3) is 0 Å². The highest BCUT2D eigenvalue weighted by molar-refractivity contribution is 6.00. The van der Waals surface area contributed by atoms with Crippen LogP contribution in [0.1, 0.15) is 66.0 Å². The summed E-state index contributed by atoms with van der Waals surface area (Å²) in [7, 11) is 0. The Morgan fingerprint density at radius 2 is 1.83 bits per heavy atom. The quantitative estimate of drug-likeness (QED) is 0.752. The molecule has 24 heavy (non-hydrogen) atoms. The lowest BCUT2D eigenvalue weighted by molar-refractivity contribution is 0.101. The van der Waals surface area contributed by atoms with Gasteiger partial charge in [0.15, 0.2) is 5.78 Å². The third-order valence-electron chi connectivity index (χ3n) is 5.29. The topological polar surface area (TPSA) is 34.0 Å². The van der Waals surface area contributed by atoms with Crippen molar-refractivity contribution in [1.82, 2.24) is 4.57 Å². The Labute approximate surface area is 145 Å². The Kier molecular flexibility index (Phi) is 5.08. The second kappa shape index (κ2) is 7.25. The Balaban J connectivity index is 1.69. The predicted octanol–water partition coefficient (Wildman–Crippen LogP) is 5.08.